The van der Waals surface area contributed by atoms with Gasteiger partial charge in [0, 0.05) is 25.5 Å². The lowest BCUT2D eigenvalue weighted by Gasteiger charge is -2.10. The summed E-state index contributed by atoms with van der Waals surface area (Å²) >= 11 is 0. The third-order valence-corrected chi connectivity index (χ3v) is 2.03. The van der Waals surface area contributed by atoms with E-state index in [1.54, 1.807) is 0 Å². The lowest BCUT2D eigenvalue weighted by molar-refractivity contribution is 0.465. The fraction of sp³-hybridized carbons (Fsp3) is 0.444. The van der Waals surface area contributed by atoms with Gasteiger partial charge >= 0.3 is 0 Å². The lowest BCUT2D eigenvalue weighted by Crippen LogP contribution is -2.10. The van der Waals surface area contributed by atoms with Crippen molar-refractivity contribution in [2.45, 2.75) is 12.8 Å². The first-order valence-corrected chi connectivity index (χ1v) is 4.12. The summed E-state index contributed by atoms with van der Waals surface area (Å²) in [5, 5.41) is 0. The Morgan fingerprint density at radius 3 is 2.67 bits per heavy atom. The van der Waals surface area contributed by atoms with E-state index in [0.717, 1.165) is 5.70 Å². The highest BCUT2D eigenvalue weighted by atomic mass is 79.9. The van der Waals surface area contributed by atoms with E-state index >= 15 is 0 Å². The van der Waals surface area contributed by atoms with Crippen LogP contribution in [0.3, 0.4) is 0 Å². The van der Waals surface area contributed by atoms with Crippen LogP contribution in [0.4, 0.5) is 0 Å². The van der Waals surface area contributed by atoms with E-state index in [9.17, 15) is 0 Å². The first kappa shape index (κ1) is 9.52. The number of likely N-dealkylation sites (tertiary alicyclic amines) is 1. The van der Waals surface area contributed by atoms with Crippen LogP contribution in [-0.4, -0.2) is 24.2 Å². The second-order valence-corrected chi connectivity index (χ2v) is 2.93. The number of hydrogen-bond donors (Lipinski definition) is 0. The van der Waals surface area contributed by atoms with Crippen LogP contribution in [0.2, 0.25) is 0 Å². The standard InChI is InChI=1S/C9H12N2.BrH/c1-2-7-11(6-1)8-9-4-3-5-10-9;/h3-5,8H,1-2,6-7H2;1H/b9-8-;. The quantitative estimate of drug-likeness (QED) is 0.672. The summed E-state index contributed by atoms with van der Waals surface area (Å²) in [7, 11) is 0. The minimum absolute atomic E-state index is 0. The van der Waals surface area contributed by atoms with Crippen molar-refractivity contribution < 1.29 is 0 Å². The van der Waals surface area contributed by atoms with E-state index in [0.29, 0.717) is 0 Å². The number of rotatable bonds is 1. The van der Waals surface area contributed by atoms with E-state index in [1.165, 1.54) is 25.9 Å². The van der Waals surface area contributed by atoms with Gasteiger partial charge in [-0.15, -0.1) is 17.0 Å². The van der Waals surface area contributed by atoms with Crippen LogP contribution in [0.1, 0.15) is 12.8 Å². The molecule has 0 radical (unpaired) electrons. The van der Waals surface area contributed by atoms with Crippen LogP contribution in [-0.2, 0) is 0 Å². The van der Waals surface area contributed by atoms with Crippen molar-refractivity contribution in [3.63, 3.8) is 0 Å². The first-order chi connectivity index (χ1) is 5.45. The van der Waals surface area contributed by atoms with Gasteiger partial charge in [-0.25, -0.2) is 0 Å². The maximum absolute atomic E-state index is 4.18. The molecule has 0 aromatic rings. The first-order valence-electron chi connectivity index (χ1n) is 4.12. The molecule has 2 aliphatic heterocycles. The molecule has 0 aliphatic carbocycles. The van der Waals surface area contributed by atoms with Crippen LogP contribution < -0.4 is 0 Å². The van der Waals surface area contributed by atoms with Gasteiger partial charge in [0.15, 0.2) is 0 Å². The van der Waals surface area contributed by atoms with Crippen molar-refractivity contribution in [2.24, 2.45) is 4.99 Å². The summed E-state index contributed by atoms with van der Waals surface area (Å²) in [6.07, 6.45) is 10.7. The zero-order valence-electron chi connectivity index (χ0n) is 6.94. The number of aliphatic imine (C=N–C) groups is 1. The minimum atomic E-state index is 0. The van der Waals surface area contributed by atoms with Gasteiger partial charge in [0.25, 0.3) is 0 Å². The molecule has 0 N–H and O–H groups in total. The molecular formula is C9H13BrN2. The molecule has 2 rings (SSSR count). The Kier molecular flexibility index (Phi) is 3.53. The second-order valence-electron chi connectivity index (χ2n) is 2.93. The van der Waals surface area contributed by atoms with Crippen molar-refractivity contribution >= 4 is 23.2 Å². The summed E-state index contributed by atoms with van der Waals surface area (Å²) in [6, 6.07) is 0. The summed E-state index contributed by atoms with van der Waals surface area (Å²) in [4.78, 5) is 6.52. The smallest absolute Gasteiger partial charge is 0.0788 e. The molecule has 0 bridgehead atoms. The Bertz CT molecular complexity index is 211. The van der Waals surface area contributed by atoms with E-state index in [2.05, 4.69) is 16.1 Å². The van der Waals surface area contributed by atoms with Crippen LogP contribution in [0.25, 0.3) is 0 Å². The van der Waals surface area contributed by atoms with Gasteiger partial charge in [0.05, 0.1) is 5.70 Å². The van der Waals surface area contributed by atoms with Crippen molar-refractivity contribution in [3.05, 3.63) is 24.0 Å². The maximum atomic E-state index is 4.18. The van der Waals surface area contributed by atoms with E-state index < -0.39 is 0 Å². The van der Waals surface area contributed by atoms with Crippen LogP contribution in [0, 0.1) is 0 Å². The van der Waals surface area contributed by atoms with Gasteiger partial charge in [-0.1, -0.05) is 0 Å². The summed E-state index contributed by atoms with van der Waals surface area (Å²) in [5.74, 6) is 0. The van der Waals surface area contributed by atoms with E-state index in [1.807, 2.05) is 18.4 Å². The molecule has 0 unspecified atom stereocenters. The number of nitrogens with zero attached hydrogens (tertiary/aromatic N) is 2. The van der Waals surface area contributed by atoms with Crippen LogP contribution in [0.5, 0.6) is 0 Å². The van der Waals surface area contributed by atoms with Crippen LogP contribution >= 0.6 is 17.0 Å². The molecule has 2 nitrogen and oxygen atoms in total. The lowest BCUT2D eigenvalue weighted by atomic mass is 10.4. The SMILES string of the molecule is Br.C1=C/C(=C/N2CCCC2)N=C1. The van der Waals surface area contributed by atoms with Crippen molar-refractivity contribution in [2.75, 3.05) is 13.1 Å². The van der Waals surface area contributed by atoms with E-state index in [4.69, 9.17) is 0 Å². The summed E-state index contributed by atoms with van der Waals surface area (Å²) in [5.41, 5.74) is 1.09. The summed E-state index contributed by atoms with van der Waals surface area (Å²) in [6.45, 7) is 2.40. The molecular weight excluding hydrogens is 216 g/mol. The molecule has 2 heterocycles. The molecule has 0 atom stereocenters. The average Bonchev–Trinajstić information content (AvgIpc) is 2.60. The number of hydrogen-bond acceptors (Lipinski definition) is 2. The molecule has 1 saturated heterocycles. The molecule has 0 amide bonds. The van der Waals surface area contributed by atoms with Gasteiger partial charge in [-0.2, -0.15) is 0 Å². The normalized spacial score (nSPS) is 23.7. The van der Waals surface area contributed by atoms with Gasteiger partial charge in [-0.05, 0) is 25.0 Å². The Morgan fingerprint density at radius 1 is 1.33 bits per heavy atom. The fourth-order valence-corrected chi connectivity index (χ4v) is 1.45. The third-order valence-electron chi connectivity index (χ3n) is 2.03. The highest BCUT2D eigenvalue weighted by Crippen LogP contribution is 2.12. The second kappa shape index (κ2) is 4.45. The minimum Gasteiger partial charge on any atom is -0.376 e. The highest BCUT2D eigenvalue weighted by Gasteiger charge is 2.07. The fourth-order valence-electron chi connectivity index (χ4n) is 1.45. The maximum Gasteiger partial charge on any atom is 0.0788 e. The highest BCUT2D eigenvalue weighted by molar-refractivity contribution is 8.93. The molecule has 66 valence electrons. The Morgan fingerprint density at radius 2 is 2.08 bits per heavy atom. The molecule has 2 aliphatic rings. The van der Waals surface area contributed by atoms with Crippen molar-refractivity contribution in [1.82, 2.24) is 4.90 Å². The molecule has 12 heavy (non-hydrogen) atoms. The average molecular weight is 229 g/mol. The van der Waals surface area contributed by atoms with Crippen LogP contribution in [0.15, 0.2) is 29.0 Å². The van der Waals surface area contributed by atoms with E-state index in [-0.39, 0.29) is 17.0 Å². The van der Waals surface area contributed by atoms with Crippen molar-refractivity contribution in [3.8, 4) is 0 Å². The van der Waals surface area contributed by atoms with Gasteiger partial charge in [0.1, 0.15) is 0 Å². The Balaban J connectivity index is 0.000000720. The molecule has 0 saturated carbocycles. The zero-order valence-corrected chi connectivity index (χ0v) is 8.65. The molecule has 0 spiro atoms. The monoisotopic (exact) mass is 228 g/mol. The van der Waals surface area contributed by atoms with Crippen molar-refractivity contribution in [1.29, 1.82) is 0 Å². The predicted octanol–water partition coefficient (Wildman–Crippen LogP) is 2.14. The topological polar surface area (TPSA) is 15.6 Å². The molecule has 0 aromatic heterocycles. The molecule has 1 fully saturated rings. The van der Waals surface area contributed by atoms with Gasteiger partial charge in [-0.3, -0.25) is 4.99 Å². The van der Waals surface area contributed by atoms with Gasteiger partial charge in [0.2, 0.25) is 0 Å². The zero-order chi connectivity index (χ0) is 7.52. The predicted molar refractivity (Wildman–Crippen MR) is 56.8 cm³/mol. The third kappa shape index (κ3) is 2.21. The number of halogens is 1. The van der Waals surface area contributed by atoms with Gasteiger partial charge < -0.3 is 4.90 Å². The summed E-state index contributed by atoms with van der Waals surface area (Å²) < 4.78 is 0. The molecule has 3 heteroatoms. The number of allylic oxidation sites excluding steroid dienone is 2. The largest absolute Gasteiger partial charge is 0.376 e. The molecule has 0 aromatic carbocycles. The Labute approximate surface area is 83.4 Å². The Hall–Kier alpha value is -0.570.